The smallest absolute Gasteiger partial charge is 0.168 e. The summed E-state index contributed by atoms with van der Waals surface area (Å²) >= 11 is 5.79. The molecular weight excluding hydrogens is 193 g/mol. The van der Waals surface area contributed by atoms with Crippen molar-refractivity contribution in [3.63, 3.8) is 0 Å². The molecule has 0 radical (unpaired) electrons. The van der Waals surface area contributed by atoms with Crippen molar-refractivity contribution >= 4 is 11.6 Å². The topological polar surface area (TPSA) is 26.0 Å². The van der Waals surface area contributed by atoms with Crippen LogP contribution in [0.2, 0.25) is 5.02 Å². The lowest BCUT2D eigenvalue weighted by Gasteiger charge is -1.98. The van der Waals surface area contributed by atoms with E-state index in [1.165, 1.54) is 18.3 Å². The highest BCUT2D eigenvalue weighted by Crippen LogP contribution is 2.27. The monoisotopic (exact) mass is 197 g/mol. The molecular formula is C9H5ClFNO. The van der Waals surface area contributed by atoms with E-state index >= 15 is 0 Å². The van der Waals surface area contributed by atoms with Crippen LogP contribution < -0.4 is 0 Å². The second-order valence-corrected chi connectivity index (χ2v) is 2.91. The van der Waals surface area contributed by atoms with Gasteiger partial charge in [0, 0.05) is 11.6 Å². The molecule has 0 aliphatic heterocycles. The summed E-state index contributed by atoms with van der Waals surface area (Å²) in [5, 5.41) is 3.85. The minimum Gasteiger partial charge on any atom is -0.356 e. The average molecular weight is 198 g/mol. The van der Waals surface area contributed by atoms with Crippen LogP contribution in [0, 0.1) is 5.82 Å². The number of hydrogen-bond acceptors (Lipinski definition) is 2. The van der Waals surface area contributed by atoms with E-state index in [0.717, 1.165) is 0 Å². The molecule has 0 aliphatic rings. The van der Waals surface area contributed by atoms with Gasteiger partial charge in [-0.3, -0.25) is 0 Å². The van der Waals surface area contributed by atoms with Crippen LogP contribution in [0.1, 0.15) is 0 Å². The van der Waals surface area contributed by atoms with Gasteiger partial charge in [-0.05, 0) is 18.2 Å². The Balaban J connectivity index is 2.53. The normalized spacial score (nSPS) is 10.3. The Morgan fingerprint density at radius 2 is 2.15 bits per heavy atom. The van der Waals surface area contributed by atoms with Crippen LogP contribution in [0.5, 0.6) is 0 Å². The lowest BCUT2D eigenvalue weighted by molar-refractivity contribution is 0.432. The molecule has 4 heteroatoms. The van der Waals surface area contributed by atoms with Crippen LogP contribution in [-0.2, 0) is 0 Å². The second kappa shape index (κ2) is 3.18. The van der Waals surface area contributed by atoms with Crippen molar-refractivity contribution in [2.45, 2.75) is 0 Å². The lowest BCUT2D eigenvalue weighted by Crippen LogP contribution is -1.78. The molecule has 1 heterocycles. The first-order valence-corrected chi connectivity index (χ1v) is 4.01. The van der Waals surface area contributed by atoms with Gasteiger partial charge in [0.25, 0.3) is 0 Å². The highest BCUT2D eigenvalue weighted by Gasteiger charge is 2.07. The Hall–Kier alpha value is -1.35. The standard InChI is InChI=1S/C9H5ClFNO/c10-8-5-6(11)1-2-7(8)9-3-4-12-13-9/h1-5H. The fourth-order valence-corrected chi connectivity index (χ4v) is 1.30. The summed E-state index contributed by atoms with van der Waals surface area (Å²) < 4.78 is 17.5. The summed E-state index contributed by atoms with van der Waals surface area (Å²) in [5.41, 5.74) is 0.639. The highest BCUT2D eigenvalue weighted by molar-refractivity contribution is 6.33. The van der Waals surface area contributed by atoms with Gasteiger partial charge in [0.05, 0.1) is 11.2 Å². The molecule has 0 atom stereocenters. The molecule has 1 aromatic heterocycles. The Morgan fingerprint density at radius 3 is 2.77 bits per heavy atom. The molecule has 0 aliphatic carbocycles. The quantitative estimate of drug-likeness (QED) is 0.702. The molecule has 2 nitrogen and oxygen atoms in total. The first-order chi connectivity index (χ1) is 6.27. The van der Waals surface area contributed by atoms with Crippen LogP contribution in [0.15, 0.2) is 35.0 Å². The van der Waals surface area contributed by atoms with E-state index in [0.29, 0.717) is 16.3 Å². The van der Waals surface area contributed by atoms with Gasteiger partial charge in [0.1, 0.15) is 5.82 Å². The molecule has 1 aromatic carbocycles. The van der Waals surface area contributed by atoms with Crippen molar-refractivity contribution in [2.24, 2.45) is 0 Å². The zero-order chi connectivity index (χ0) is 9.26. The SMILES string of the molecule is Fc1ccc(-c2ccno2)c(Cl)c1. The highest BCUT2D eigenvalue weighted by atomic mass is 35.5. The van der Waals surface area contributed by atoms with E-state index in [1.807, 2.05) is 0 Å². The first kappa shape index (κ1) is 8.26. The molecule has 66 valence electrons. The van der Waals surface area contributed by atoms with E-state index < -0.39 is 0 Å². The fraction of sp³-hybridized carbons (Fsp3) is 0. The summed E-state index contributed by atoms with van der Waals surface area (Å²) in [6.45, 7) is 0. The van der Waals surface area contributed by atoms with Gasteiger partial charge in [-0.25, -0.2) is 4.39 Å². The van der Waals surface area contributed by atoms with E-state index in [9.17, 15) is 4.39 Å². The van der Waals surface area contributed by atoms with E-state index in [4.69, 9.17) is 16.1 Å². The van der Waals surface area contributed by atoms with Crippen LogP contribution in [0.3, 0.4) is 0 Å². The van der Waals surface area contributed by atoms with Gasteiger partial charge in [0.15, 0.2) is 5.76 Å². The lowest BCUT2D eigenvalue weighted by atomic mass is 10.2. The van der Waals surface area contributed by atoms with Crippen LogP contribution in [0.25, 0.3) is 11.3 Å². The Labute approximate surface area is 78.9 Å². The Bertz CT molecular complexity index is 414. The number of halogens is 2. The molecule has 0 saturated carbocycles. The van der Waals surface area contributed by atoms with Crippen LogP contribution >= 0.6 is 11.6 Å². The molecule has 13 heavy (non-hydrogen) atoms. The summed E-state index contributed by atoms with van der Waals surface area (Å²) in [5.74, 6) is 0.165. The van der Waals surface area contributed by atoms with Crippen molar-refractivity contribution in [1.82, 2.24) is 5.16 Å². The van der Waals surface area contributed by atoms with Gasteiger partial charge in [-0.2, -0.15) is 0 Å². The molecule has 0 amide bonds. The summed E-state index contributed by atoms with van der Waals surface area (Å²) in [6, 6.07) is 5.78. The molecule has 2 aromatic rings. The third-order valence-electron chi connectivity index (χ3n) is 1.63. The van der Waals surface area contributed by atoms with Crippen molar-refractivity contribution < 1.29 is 8.91 Å². The minimum atomic E-state index is -0.367. The Morgan fingerprint density at radius 1 is 1.31 bits per heavy atom. The summed E-state index contributed by atoms with van der Waals surface area (Å²) in [4.78, 5) is 0. The predicted octanol–water partition coefficient (Wildman–Crippen LogP) is 3.13. The maximum atomic E-state index is 12.7. The summed E-state index contributed by atoms with van der Waals surface area (Å²) in [7, 11) is 0. The van der Waals surface area contributed by atoms with E-state index in [-0.39, 0.29) is 5.82 Å². The predicted molar refractivity (Wildman–Crippen MR) is 46.9 cm³/mol. The molecule has 0 bridgehead atoms. The maximum absolute atomic E-state index is 12.7. The van der Waals surface area contributed by atoms with Gasteiger partial charge < -0.3 is 4.52 Å². The van der Waals surface area contributed by atoms with Gasteiger partial charge >= 0.3 is 0 Å². The zero-order valence-corrected chi connectivity index (χ0v) is 7.25. The van der Waals surface area contributed by atoms with Crippen molar-refractivity contribution in [1.29, 1.82) is 0 Å². The molecule has 0 N–H and O–H groups in total. The number of aromatic nitrogens is 1. The van der Waals surface area contributed by atoms with Gasteiger partial charge in [0.2, 0.25) is 0 Å². The second-order valence-electron chi connectivity index (χ2n) is 2.50. The average Bonchev–Trinajstić information content (AvgIpc) is 2.56. The molecule has 0 fully saturated rings. The molecule has 2 rings (SSSR count). The van der Waals surface area contributed by atoms with Crippen molar-refractivity contribution in [3.8, 4) is 11.3 Å². The third-order valence-corrected chi connectivity index (χ3v) is 1.95. The fourth-order valence-electron chi connectivity index (χ4n) is 1.04. The minimum absolute atomic E-state index is 0.316. The number of benzene rings is 1. The summed E-state index contributed by atoms with van der Waals surface area (Å²) in [6.07, 6.45) is 1.51. The van der Waals surface area contributed by atoms with Crippen LogP contribution in [-0.4, -0.2) is 5.16 Å². The molecule has 0 saturated heterocycles. The third kappa shape index (κ3) is 1.55. The number of hydrogen-bond donors (Lipinski definition) is 0. The van der Waals surface area contributed by atoms with E-state index in [1.54, 1.807) is 12.1 Å². The van der Waals surface area contributed by atoms with Gasteiger partial charge in [-0.1, -0.05) is 16.8 Å². The van der Waals surface area contributed by atoms with E-state index in [2.05, 4.69) is 5.16 Å². The number of rotatable bonds is 1. The maximum Gasteiger partial charge on any atom is 0.168 e. The first-order valence-electron chi connectivity index (χ1n) is 3.63. The molecule has 0 unspecified atom stereocenters. The van der Waals surface area contributed by atoms with Crippen molar-refractivity contribution in [3.05, 3.63) is 41.3 Å². The Kier molecular flexibility index (Phi) is 2.02. The van der Waals surface area contributed by atoms with Crippen LogP contribution in [0.4, 0.5) is 4.39 Å². The van der Waals surface area contributed by atoms with Crippen molar-refractivity contribution in [2.75, 3.05) is 0 Å². The van der Waals surface area contributed by atoms with Gasteiger partial charge in [-0.15, -0.1) is 0 Å². The largest absolute Gasteiger partial charge is 0.356 e. The number of nitrogens with zero attached hydrogens (tertiary/aromatic N) is 1. The molecule has 0 spiro atoms. The zero-order valence-electron chi connectivity index (χ0n) is 6.50.